The van der Waals surface area contributed by atoms with E-state index in [0.29, 0.717) is 5.41 Å². The Morgan fingerprint density at radius 3 is 1.85 bits per heavy atom. The van der Waals surface area contributed by atoms with Crippen molar-refractivity contribution in [3.63, 3.8) is 0 Å². The Morgan fingerprint density at radius 1 is 1.23 bits per heavy atom. The summed E-state index contributed by atoms with van der Waals surface area (Å²) in [5.41, 5.74) is 0.477. The lowest BCUT2D eigenvalue weighted by Gasteiger charge is -2.32. The van der Waals surface area contributed by atoms with Crippen molar-refractivity contribution in [1.29, 1.82) is 0 Å². The lowest BCUT2D eigenvalue weighted by molar-refractivity contribution is 0.169. The van der Waals surface area contributed by atoms with Crippen LogP contribution in [0.3, 0.4) is 0 Å². The summed E-state index contributed by atoms with van der Waals surface area (Å²) in [7, 11) is 2.24. The highest BCUT2D eigenvalue weighted by atomic mass is 15.2. The van der Waals surface area contributed by atoms with Gasteiger partial charge >= 0.3 is 0 Å². The molecule has 0 aromatic rings. The van der Waals surface area contributed by atoms with Crippen LogP contribution in [-0.2, 0) is 0 Å². The van der Waals surface area contributed by atoms with Crippen LogP contribution in [0.2, 0.25) is 0 Å². The van der Waals surface area contributed by atoms with Gasteiger partial charge in [-0.2, -0.15) is 0 Å². The first kappa shape index (κ1) is 13.0. The molecule has 0 radical (unpaired) electrons. The monoisotopic (exact) mass is 185 g/mol. The Morgan fingerprint density at radius 2 is 1.69 bits per heavy atom. The minimum Gasteiger partial charge on any atom is -0.303 e. The van der Waals surface area contributed by atoms with E-state index in [1.165, 1.54) is 25.8 Å². The molecule has 0 aliphatic carbocycles. The molecule has 0 amide bonds. The predicted octanol–water partition coefficient (Wildman–Crippen LogP) is 3.54. The summed E-state index contributed by atoms with van der Waals surface area (Å²) in [4.78, 5) is 2.49. The summed E-state index contributed by atoms with van der Waals surface area (Å²) in [6, 6.07) is 0.812. The molecule has 1 heterocycles. The first-order valence-electron chi connectivity index (χ1n) is 5.63. The molecule has 0 saturated carbocycles. The molecule has 1 aliphatic rings. The highest BCUT2D eigenvalue weighted by molar-refractivity contribution is 4.85. The highest BCUT2D eigenvalue weighted by Crippen LogP contribution is 2.30. The second-order valence-corrected chi connectivity index (χ2v) is 5.21. The van der Waals surface area contributed by atoms with Crippen LogP contribution < -0.4 is 0 Å². The van der Waals surface area contributed by atoms with Crippen LogP contribution in [0.4, 0.5) is 0 Å². The molecule has 1 fully saturated rings. The van der Waals surface area contributed by atoms with Gasteiger partial charge in [-0.25, -0.2) is 0 Å². The molecule has 0 spiro atoms. The first-order valence-corrected chi connectivity index (χ1v) is 5.63. The van der Waals surface area contributed by atoms with Crippen LogP contribution in [0.15, 0.2) is 0 Å². The van der Waals surface area contributed by atoms with Gasteiger partial charge in [0.25, 0.3) is 0 Å². The van der Waals surface area contributed by atoms with Crippen molar-refractivity contribution in [2.24, 2.45) is 5.41 Å². The van der Waals surface area contributed by atoms with Crippen molar-refractivity contribution >= 4 is 0 Å². The maximum absolute atomic E-state index is 2.49. The zero-order valence-corrected chi connectivity index (χ0v) is 10.4. The van der Waals surface area contributed by atoms with Gasteiger partial charge in [-0.05, 0) is 31.8 Å². The van der Waals surface area contributed by atoms with Gasteiger partial charge in [-0.1, -0.05) is 41.0 Å². The number of hydrogen-bond donors (Lipinski definition) is 0. The maximum Gasteiger partial charge on any atom is 0.0141 e. The first-order chi connectivity index (χ1) is 5.93. The molecule has 0 aromatic heterocycles. The second kappa shape index (κ2) is 5.64. The topological polar surface area (TPSA) is 3.24 Å². The van der Waals surface area contributed by atoms with Gasteiger partial charge in [0, 0.05) is 6.04 Å². The minimum atomic E-state index is 0.477. The normalized spacial score (nSPS) is 24.0. The van der Waals surface area contributed by atoms with Crippen LogP contribution >= 0.6 is 0 Å². The molecule has 0 aromatic carbocycles. The molecular weight excluding hydrogens is 158 g/mol. The van der Waals surface area contributed by atoms with Gasteiger partial charge in [0.1, 0.15) is 0 Å². The van der Waals surface area contributed by atoms with Gasteiger partial charge in [0.2, 0.25) is 0 Å². The summed E-state index contributed by atoms with van der Waals surface area (Å²) in [6.45, 7) is 12.5. The third kappa shape index (κ3) is 4.66. The summed E-state index contributed by atoms with van der Waals surface area (Å²) in [5, 5.41) is 0. The van der Waals surface area contributed by atoms with Crippen molar-refractivity contribution in [2.75, 3.05) is 13.6 Å². The molecule has 1 saturated heterocycles. The number of likely N-dealkylation sites (tertiary alicyclic amines) is 1. The molecule has 0 N–H and O–H groups in total. The van der Waals surface area contributed by atoms with Crippen molar-refractivity contribution in [3.05, 3.63) is 0 Å². The molecule has 1 aliphatic heterocycles. The molecule has 1 rings (SSSR count). The standard InChI is InChI=1S/C9H19N.C3H8/c1-9(2,3)8-6-5-7-10(8)4;1-3-2/h8H,5-7H2,1-4H3;3H2,1-2H3. The smallest absolute Gasteiger partial charge is 0.0141 e. The van der Waals surface area contributed by atoms with Gasteiger partial charge in [-0.3, -0.25) is 0 Å². The Labute approximate surface area is 84.5 Å². The minimum absolute atomic E-state index is 0.477. The molecule has 1 nitrogen and oxygen atoms in total. The summed E-state index contributed by atoms with van der Waals surface area (Å²) in [5.74, 6) is 0. The Hall–Kier alpha value is -0.0400. The van der Waals surface area contributed by atoms with Gasteiger partial charge in [0.15, 0.2) is 0 Å². The van der Waals surface area contributed by atoms with Crippen molar-refractivity contribution in [2.45, 2.75) is 59.9 Å². The Balaban J connectivity index is 0.000000424. The van der Waals surface area contributed by atoms with Crippen molar-refractivity contribution in [1.82, 2.24) is 4.90 Å². The molecule has 1 atom stereocenters. The molecule has 0 bridgehead atoms. The van der Waals surface area contributed by atoms with E-state index in [0.717, 1.165) is 6.04 Å². The number of rotatable bonds is 0. The van der Waals surface area contributed by atoms with E-state index < -0.39 is 0 Å². The van der Waals surface area contributed by atoms with Gasteiger partial charge in [-0.15, -0.1) is 0 Å². The fourth-order valence-corrected chi connectivity index (χ4v) is 2.00. The van der Waals surface area contributed by atoms with E-state index in [-0.39, 0.29) is 0 Å². The van der Waals surface area contributed by atoms with Crippen LogP contribution in [0, 0.1) is 5.41 Å². The summed E-state index contributed by atoms with van der Waals surface area (Å²) >= 11 is 0. The molecule has 1 unspecified atom stereocenters. The third-order valence-electron chi connectivity index (χ3n) is 2.52. The number of hydrogen-bond acceptors (Lipinski definition) is 1. The Bertz CT molecular complexity index is 124. The van der Waals surface area contributed by atoms with E-state index in [1.807, 2.05) is 0 Å². The molecule has 1 heteroatoms. The largest absolute Gasteiger partial charge is 0.303 e. The van der Waals surface area contributed by atoms with E-state index >= 15 is 0 Å². The van der Waals surface area contributed by atoms with Crippen LogP contribution in [0.25, 0.3) is 0 Å². The van der Waals surface area contributed by atoms with Crippen LogP contribution in [0.5, 0.6) is 0 Å². The number of nitrogens with zero attached hydrogens (tertiary/aromatic N) is 1. The zero-order chi connectivity index (χ0) is 10.5. The van der Waals surface area contributed by atoms with Crippen molar-refractivity contribution in [3.8, 4) is 0 Å². The zero-order valence-electron chi connectivity index (χ0n) is 10.4. The van der Waals surface area contributed by atoms with Gasteiger partial charge in [0.05, 0.1) is 0 Å². The van der Waals surface area contributed by atoms with Crippen LogP contribution in [0.1, 0.15) is 53.9 Å². The predicted molar refractivity (Wildman–Crippen MR) is 61.1 cm³/mol. The molecule has 80 valence electrons. The summed E-state index contributed by atoms with van der Waals surface area (Å²) in [6.07, 6.45) is 4.03. The average Bonchev–Trinajstić information content (AvgIpc) is 2.35. The average molecular weight is 185 g/mol. The molecule has 13 heavy (non-hydrogen) atoms. The quantitative estimate of drug-likeness (QED) is 0.558. The lowest BCUT2D eigenvalue weighted by Crippen LogP contribution is -2.36. The third-order valence-corrected chi connectivity index (χ3v) is 2.52. The SMILES string of the molecule is CCC.CN1CCCC1C(C)(C)C. The second-order valence-electron chi connectivity index (χ2n) is 5.21. The Kier molecular flexibility index (Phi) is 5.62. The van der Waals surface area contributed by atoms with E-state index in [4.69, 9.17) is 0 Å². The maximum atomic E-state index is 2.49. The van der Waals surface area contributed by atoms with E-state index in [2.05, 4.69) is 46.6 Å². The summed E-state index contributed by atoms with van der Waals surface area (Å²) < 4.78 is 0. The lowest BCUT2D eigenvalue weighted by atomic mass is 9.85. The van der Waals surface area contributed by atoms with Crippen molar-refractivity contribution < 1.29 is 0 Å². The molecular formula is C12H27N. The van der Waals surface area contributed by atoms with E-state index in [9.17, 15) is 0 Å². The fraction of sp³-hybridized carbons (Fsp3) is 1.00. The fourth-order valence-electron chi connectivity index (χ4n) is 2.00. The van der Waals surface area contributed by atoms with Crippen LogP contribution in [-0.4, -0.2) is 24.5 Å². The van der Waals surface area contributed by atoms with Gasteiger partial charge < -0.3 is 4.90 Å². The van der Waals surface area contributed by atoms with E-state index in [1.54, 1.807) is 0 Å². The highest BCUT2D eigenvalue weighted by Gasteiger charge is 2.31.